The Morgan fingerprint density at radius 2 is 2.40 bits per heavy atom. The molecule has 0 unspecified atom stereocenters. The van der Waals surface area contributed by atoms with Crippen molar-refractivity contribution >= 4 is 11.9 Å². The van der Waals surface area contributed by atoms with Crippen molar-refractivity contribution in [3.63, 3.8) is 0 Å². The zero-order valence-electron chi connectivity index (χ0n) is 5.96. The molecule has 0 aliphatic rings. The lowest BCUT2D eigenvalue weighted by atomic mass is 10.3. The fourth-order valence-electron chi connectivity index (χ4n) is 0.704. The minimum absolute atomic E-state index is 0.873. The Balaban J connectivity index is 2.98. The number of pyridine rings is 1. The van der Waals surface area contributed by atoms with Gasteiger partial charge in [0.2, 0.25) is 0 Å². The largest absolute Gasteiger partial charge is 0.373 e. The van der Waals surface area contributed by atoms with Gasteiger partial charge in [0.25, 0.3) is 0 Å². The number of hydrogen-bond acceptors (Lipinski definition) is 2. The number of aromatic nitrogens is 1. The molecule has 1 aromatic heterocycles. The normalized spacial score (nSPS) is 8.90. The summed E-state index contributed by atoms with van der Waals surface area (Å²) in [6, 6.07) is 5.76. The van der Waals surface area contributed by atoms with Crippen LogP contribution in [0.15, 0.2) is 24.8 Å². The monoisotopic (exact) mass is 134 g/mol. The van der Waals surface area contributed by atoms with E-state index in [0.717, 1.165) is 11.5 Å². The van der Waals surface area contributed by atoms with Crippen molar-refractivity contribution in [1.82, 2.24) is 4.98 Å². The third kappa shape index (κ3) is 1.35. The predicted molar refractivity (Wildman–Crippen MR) is 43.9 cm³/mol. The summed E-state index contributed by atoms with van der Waals surface area (Å²) in [7, 11) is 1.84. The van der Waals surface area contributed by atoms with Gasteiger partial charge in [-0.05, 0) is 18.2 Å². The molecule has 10 heavy (non-hydrogen) atoms. The smallest absolute Gasteiger partial charge is 0.126 e. The summed E-state index contributed by atoms with van der Waals surface area (Å²) in [6.45, 7) is 3.62. The number of hydrogen-bond donors (Lipinski definition) is 1. The molecule has 0 saturated heterocycles. The van der Waals surface area contributed by atoms with E-state index < -0.39 is 0 Å². The lowest BCUT2D eigenvalue weighted by molar-refractivity contribution is 1.26. The Hall–Kier alpha value is -1.31. The molecule has 0 bridgehead atoms. The van der Waals surface area contributed by atoms with Crippen LogP contribution in [-0.2, 0) is 0 Å². The van der Waals surface area contributed by atoms with E-state index in [1.165, 1.54) is 0 Å². The minimum atomic E-state index is 0.873. The zero-order chi connectivity index (χ0) is 7.40. The second-order valence-corrected chi connectivity index (χ2v) is 1.90. The summed E-state index contributed by atoms with van der Waals surface area (Å²) in [5.74, 6) is 0.873. The first-order valence-corrected chi connectivity index (χ1v) is 3.14. The van der Waals surface area contributed by atoms with Gasteiger partial charge in [-0.3, -0.25) is 0 Å². The van der Waals surface area contributed by atoms with E-state index in [2.05, 4.69) is 16.9 Å². The van der Waals surface area contributed by atoms with Crippen LogP contribution in [-0.4, -0.2) is 12.0 Å². The summed E-state index contributed by atoms with van der Waals surface area (Å²) in [5.41, 5.74) is 0.895. The molecule has 0 saturated carbocycles. The third-order valence-corrected chi connectivity index (χ3v) is 1.24. The Bertz CT molecular complexity index is 230. The second-order valence-electron chi connectivity index (χ2n) is 1.90. The van der Waals surface area contributed by atoms with Gasteiger partial charge in [-0.25, -0.2) is 4.98 Å². The average molecular weight is 134 g/mol. The average Bonchev–Trinajstić information content (AvgIpc) is 2.05. The standard InChI is InChI=1S/C8H10N2/c1-3-7-5-4-6-8(9-2)10-7/h3-6H,1H2,2H3,(H,9,10). The summed E-state index contributed by atoms with van der Waals surface area (Å²) in [4.78, 5) is 4.18. The molecule has 0 atom stereocenters. The second kappa shape index (κ2) is 3.01. The Morgan fingerprint density at radius 3 is 3.00 bits per heavy atom. The molecule has 0 aliphatic carbocycles. The third-order valence-electron chi connectivity index (χ3n) is 1.24. The van der Waals surface area contributed by atoms with E-state index in [9.17, 15) is 0 Å². The molecule has 0 radical (unpaired) electrons. The molecule has 0 spiro atoms. The molecule has 2 nitrogen and oxygen atoms in total. The summed E-state index contributed by atoms with van der Waals surface area (Å²) in [6.07, 6.45) is 1.72. The lowest BCUT2D eigenvalue weighted by Gasteiger charge is -1.97. The highest BCUT2D eigenvalue weighted by atomic mass is 15.0. The van der Waals surface area contributed by atoms with E-state index in [4.69, 9.17) is 0 Å². The molecule has 1 N–H and O–H groups in total. The molecule has 52 valence electrons. The summed E-state index contributed by atoms with van der Waals surface area (Å²) < 4.78 is 0. The molecule has 1 rings (SSSR count). The number of nitrogens with zero attached hydrogens (tertiary/aromatic N) is 1. The van der Waals surface area contributed by atoms with Crippen LogP contribution in [0.25, 0.3) is 6.08 Å². The fourth-order valence-corrected chi connectivity index (χ4v) is 0.704. The highest BCUT2D eigenvalue weighted by molar-refractivity contribution is 5.46. The van der Waals surface area contributed by atoms with Crippen molar-refractivity contribution in [3.8, 4) is 0 Å². The van der Waals surface area contributed by atoms with Gasteiger partial charge in [0, 0.05) is 7.05 Å². The first kappa shape index (κ1) is 6.81. The maximum absolute atomic E-state index is 4.18. The molecule has 0 aliphatic heterocycles. The summed E-state index contributed by atoms with van der Waals surface area (Å²) >= 11 is 0. The first-order valence-electron chi connectivity index (χ1n) is 3.14. The van der Waals surface area contributed by atoms with E-state index in [-0.39, 0.29) is 0 Å². The molecule has 0 aromatic carbocycles. The van der Waals surface area contributed by atoms with Gasteiger partial charge in [0.15, 0.2) is 0 Å². The molecular formula is C8H10N2. The number of anilines is 1. The van der Waals surface area contributed by atoms with Crippen molar-refractivity contribution in [2.24, 2.45) is 0 Å². The Kier molecular flexibility index (Phi) is 2.05. The van der Waals surface area contributed by atoms with Crippen LogP contribution < -0.4 is 5.32 Å². The van der Waals surface area contributed by atoms with E-state index in [1.54, 1.807) is 6.08 Å². The Morgan fingerprint density at radius 1 is 1.60 bits per heavy atom. The van der Waals surface area contributed by atoms with Crippen molar-refractivity contribution in [2.45, 2.75) is 0 Å². The molecule has 1 heterocycles. The van der Waals surface area contributed by atoms with Gasteiger partial charge in [0.05, 0.1) is 5.69 Å². The van der Waals surface area contributed by atoms with Gasteiger partial charge >= 0.3 is 0 Å². The van der Waals surface area contributed by atoms with Crippen molar-refractivity contribution < 1.29 is 0 Å². The van der Waals surface area contributed by atoms with Crippen LogP contribution in [0, 0.1) is 0 Å². The topological polar surface area (TPSA) is 24.9 Å². The van der Waals surface area contributed by atoms with Gasteiger partial charge in [-0.2, -0.15) is 0 Å². The van der Waals surface area contributed by atoms with Gasteiger partial charge in [0.1, 0.15) is 5.82 Å². The maximum Gasteiger partial charge on any atom is 0.126 e. The predicted octanol–water partition coefficient (Wildman–Crippen LogP) is 1.77. The van der Waals surface area contributed by atoms with Crippen LogP contribution in [0.5, 0.6) is 0 Å². The van der Waals surface area contributed by atoms with E-state index >= 15 is 0 Å². The van der Waals surface area contributed by atoms with Crippen molar-refractivity contribution in [2.75, 3.05) is 12.4 Å². The lowest BCUT2D eigenvalue weighted by Crippen LogP contribution is -1.91. The van der Waals surface area contributed by atoms with Crippen molar-refractivity contribution in [1.29, 1.82) is 0 Å². The molecule has 2 heteroatoms. The highest BCUT2D eigenvalue weighted by Crippen LogP contribution is 2.03. The van der Waals surface area contributed by atoms with E-state index in [1.807, 2.05) is 25.2 Å². The quantitative estimate of drug-likeness (QED) is 0.666. The molecule has 0 amide bonds. The number of rotatable bonds is 2. The molecular weight excluding hydrogens is 124 g/mol. The van der Waals surface area contributed by atoms with Crippen LogP contribution in [0.2, 0.25) is 0 Å². The maximum atomic E-state index is 4.18. The SMILES string of the molecule is C=Cc1cccc(NC)n1. The highest BCUT2D eigenvalue weighted by Gasteiger charge is 1.88. The fraction of sp³-hybridized carbons (Fsp3) is 0.125. The van der Waals surface area contributed by atoms with Crippen LogP contribution in [0.3, 0.4) is 0 Å². The van der Waals surface area contributed by atoms with Gasteiger partial charge in [-0.15, -0.1) is 0 Å². The minimum Gasteiger partial charge on any atom is -0.373 e. The first-order chi connectivity index (χ1) is 4.86. The summed E-state index contributed by atoms with van der Waals surface area (Å²) in [5, 5.41) is 2.94. The number of nitrogens with one attached hydrogen (secondary N) is 1. The van der Waals surface area contributed by atoms with Gasteiger partial charge < -0.3 is 5.32 Å². The van der Waals surface area contributed by atoms with Crippen molar-refractivity contribution in [3.05, 3.63) is 30.5 Å². The zero-order valence-corrected chi connectivity index (χ0v) is 5.96. The van der Waals surface area contributed by atoms with Crippen LogP contribution >= 0.6 is 0 Å². The Labute approximate surface area is 60.6 Å². The molecule has 0 fully saturated rings. The van der Waals surface area contributed by atoms with Crippen LogP contribution in [0.4, 0.5) is 5.82 Å². The van der Waals surface area contributed by atoms with Gasteiger partial charge in [-0.1, -0.05) is 12.6 Å². The van der Waals surface area contributed by atoms with E-state index in [0.29, 0.717) is 0 Å². The van der Waals surface area contributed by atoms with Crippen LogP contribution in [0.1, 0.15) is 5.69 Å². The molecule has 1 aromatic rings.